The van der Waals surface area contributed by atoms with E-state index in [1.165, 1.54) is 6.33 Å². The number of aromatic amines is 1. The molecule has 0 spiro atoms. The van der Waals surface area contributed by atoms with Gasteiger partial charge in [-0.15, -0.1) is 0 Å². The number of hydrogen-bond acceptors (Lipinski definition) is 5. The van der Waals surface area contributed by atoms with Crippen LogP contribution in [0.15, 0.2) is 24.5 Å². The summed E-state index contributed by atoms with van der Waals surface area (Å²) in [7, 11) is 0. The van der Waals surface area contributed by atoms with Crippen molar-refractivity contribution in [2.75, 3.05) is 11.5 Å². The van der Waals surface area contributed by atoms with Gasteiger partial charge < -0.3 is 16.5 Å². The highest BCUT2D eigenvalue weighted by molar-refractivity contribution is 5.84. The van der Waals surface area contributed by atoms with E-state index in [1.807, 2.05) is 25.1 Å². The van der Waals surface area contributed by atoms with Crippen molar-refractivity contribution in [3.63, 3.8) is 0 Å². The topological polar surface area (TPSA) is 106 Å². The molecule has 6 nitrogen and oxygen atoms in total. The van der Waals surface area contributed by atoms with E-state index in [0.29, 0.717) is 22.8 Å². The summed E-state index contributed by atoms with van der Waals surface area (Å²) in [5, 5.41) is 0. The van der Waals surface area contributed by atoms with E-state index in [4.69, 9.17) is 11.5 Å². The first kappa shape index (κ1) is 10.5. The van der Waals surface area contributed by atoms with Crippen LogP contribution < -0.4 is 11.5 Å². The van der Waals surface area contributed by atoms with Crippen LogP contribution in [0.4, 0.5) is 11.5 Å². The Kier molecular flexibility index (Phi) is 2.16. The van der Waals surface area contributed by atoms with Gasteiger partial charge in [0, 0.05) is 11.3 Å². The van der Waals surface area contributed by atoms with Crippen LogP contribution in [0.2, 0.25) is 0 Å². The van der Waals surface area contributed by atoms with Crippen LogP contribution in [0.1, 0.15) is 5.56 Å². The van der Waals surface area contributed by atoms with Crippen molar-refractivity contribution in [3.05, 3.63) is 30.1 Å². The van der Waals surface area contributed by atoms with Gasteiger partial charge in [-0.1, -0.05) is 12.1 Å². The third-order valence-electron chi connectivity index (χ3n) is 2.87. The summed E-state index contributed by atoms with van der Waals surface area (Å²) in [6, 6.07) is 5.77. The second-order valence-electron chi connectivity index (χ2n) is 4.11. The highest BCUT2D eigenvalue weighted by Gasteiger charge is 2.09. The Hall–Kier alpha value is -2.63. The lowest BCUT2D eigenvalue weighted by molar-refractivity contribution is 1.21. The lowest BCUT2D eigenvalue weighted by Crippen LogP contribution is -1.92. The van der Waals surface area contributed by atoms with Gasteiger partial charge in [0.05, 0.1) is 0 Å². The molecule has 18 heavy (non-hydrogen) atoms. The number of rotatable bonds is 1. The van der Waals surface area contributed by atoms with Crippen LogP contribution in [0.5, 0.6) is 0 Å². The van der Waals surface area contributed by atoms with Gasteiger partial charge in [0.1, 0.15) is 17.7 Å². The van der Waals surface area contributed by atoms with Gasteiger partial charge in [-0.25, -0.2) is 15.0 Å². The average molecular weight is 240 g/mol. The Morgan fingerprint density at radius 1 is 1.17 bits per heavy atom. The lowest BCUT2D eigenvalue weighted by atomic mass is 10.1. The van der Waals surface area contributed by atoms with Crippen molar-refractivity contribution in [3.8, 4) is 11.4 Å². The van der Waals surface area contributed by atoms with Gasteiger partial charge in [-0.2, -0.15) is 0 Å². The SMILES string of the molecule is Cc1ccc(-c2nc3ncnc(N)c3[nH]2)cc1N. The van der Waals surface area contributed by atoms with E-state index < -0.39 is 0 Å². The fraction of sp³-hybridized carbons (Fsp3) is 0.0833. The van der Waals surface area contributed by atoms with E-state index >= 15 is 0 Å². The molecule has 0 radical (unpaired) electrons. The molecule has 2 heterocycles. The highest BCUT2D eigenvalue weighted by atomic mass is 15.0. The van der Waals surface area contributed by atoms with Crippen molar-refractivity contribution in [2.45, 2.75) is 6.92 Å². The summed E-state index contributed by atoms with van der Waals surface area (Å²) in [6.45, 7) is 1.96. The Morgan fingerprint density at radius 3 is 2.72 bits per heavy atom. The molecule has 90 valence electrons. The molecule has 0 fully saturated rings. The second-order valence-corrected chi connectivity index (χ2v) is 4.11. The molecule has 6 heteroatoms. The number of aromatic nitrogens is 4. The molecule has 0 aliphatic rings. The van der Waals surface area contributed by atoms with Crippen molar-refractivity contribution in [2.24, 2.45) is 0 Å². The van der Waals surface area contributed by atoms with Crippen molar-refractivity contribution >= 4 is 22.7 Å². The third-order valence-corrected chi connectivity index (χ3v) is 2.87. The number of imidazole rings is 1. The normalized spacial score (nSPS) is 10.9. The fourth-order valence-corrected chi connectivity index (χ4v) is 1.77. The van der Waals surface area contributed by atoms with Crippen LogP contribution in [0.25, 0.3) is 22.6 Å². The minimum atomic E-state index is 0.388. The number of nitrogen functional groups attached to an aromatic ring is 2. The highest BCUT2D eigenvalue weighted by Crippen LogP contribution is 2.24. The largest absolute Gasteiger partial charge is 0.398 e. The molecule has 0 aliphatic carbocycles. The number of nitrogens with one attached hydrogen (secondary N) is 1. The van der Waals surface area contributed by atoms with Gasteiger partial charge in [-0.05, 0) is 18.6 Å². The summed E-state index contributed by atoms with van der Waals surface area (Å²) in [6.07, 6.45) is 1.39. The predicted molar refractivity (Wildman–Crippen MR) is 70.7 cm³/mol. The maximum absolute atomic E-state index is 5.89. The zero-order valence-electron chi connectivity index (χ0n) is 9.81. The molecule has 0 aliphatic heterocycles. The van der Waals surface area contributed by atoms with Crippen LogP contribution in [-0.4, -0.2) is 19.9 Å². The summed E-state index contributed by atoms with van der Waals surface area (Å²) < 4.78 is 0. The molecule has 3 rings (SSSR count). The Bertz CT molecular complexity index is 731. The fourth-order valence-electron chi connectivity index (χ4n) is 1.77. The second kappa shape index (κ2) is 3.69. The standard InChI is InChI=1S/C12H12N6/c1-6-2-3-7(4-8(6)13)11-17-9-10(14)15-5-16-12(9)18-11/h2-5H,13H2,1H3,(H3,14,15,16,17,18). The Morgan fingerprint density at radius 2 is 2.00 bits per heavy atom. The molecule has 1 aromatic carbocycles. The number of H-pyrrole nitrogens is 1. The average Bonchev–Trinajstić information content (AvgIpc) is 2.78. The van der Waals surface area contributed by atoms with E-state index in [0.717, 1.165) is 16.8 Å². The number of fused-ring (bicyclic) bond motifs is 1. The number of nitrogens with zero attached hydrogens (tertiary/aromatic N) is 3. The molecule has 3 aromatic rings. The first-order valence-corrected chi connectivity index (χ1v) is 5.48. The van der Waals surface area contributed by atoms with Gasteiger partial charge in [0.15, 0.2) is 11.5 Å². The molecular weight excluding hydrogens is 228 g/mol. The minimum Gasteiger partial charge on any atom is -0.398 e. The molecule has 5 N–H and O–H groups in total. The summed E-state index contributed by atoms with van der Waals surface area (Å²) in [5.41, 5.74) is 15.5. The van der Waals surface area contributed by atoms with E-state index in [1.54, 1.807) is 0 Å². The minimum absolute atomic E-state index is 0.388. The monoisotopic (exact) mass is 240 g/mol. The molecule has 0 unspecified atom stereocenters. The quantitative estimate of drug-likeness (QED) is 0.559. The van der Waals surface area contributed by atoms with E-state index in [9.17, 15) is 0 Å². The van der Waals surface area contributed by atoms with Crippen molar-refractivity contribution < 1.29 is 0 Å². The maximum atomic E-state index is 5.89. The predicted octanol–water partition coefficient (Wildman–Crippen LogP) is 1.49. The third kappa shape index (κ3) is 1.55. The van der Waals surface area contributed by atoms with Crippen LogP contribution in [0.3, 0.4) is 0 Å². The summed E-state index contributed by atoms with van der Waals surface area (Å²) in [5.74, 6) is 1.07. The molecule has 0 saturated carbocycles. The molecule has 2 aromatic heterocycles. The molecule has 0 atom stereocenters. The van der Waals surface area contributed by atoms with Gasteiger partial charge >= 0.3 is 0 Å². The first-order chi connectivity index (χ1) is 8.65. The van der Waals surface area contributed by atoms with Gasteiger partial charge in [0.2, 0.25) is 0 Å². The first-order valence-electron chi connectivity index (χ1n) is 5.48. The Balaban J connectivity index is 2.19. The number of nitrogens with two attached hydrogens (primary N) is 2. The van der Waals surface area contributed by atoms with E-state index in [2.05, 4.69) is 19.9 Å². The van der Waals surface area contributed by atoms with Crippen LogP contribution in [-0.2, 0) is 0 Å². The molecular formula is C12H12N6. The molecule has 0 saturated heterocycles. The maximum Gasteiger partial charge on any atom is 0.183 e. The van der Waals surface area contributed by atoms with Crippen molar-refractivity contribution in [1.82, 2.24) is 19.9 Å². The molecule has 0 bridgehead atoms. The Labute approximate surface area is 103 Å². The van der Waals surface area contributed by atoms with Gasteiger partial charge in [0.25, 0.3) is 0 Å². The zero-order valence-corrected chi connectivity index (χ0v) is 9.81. The van der Waals surface area contributed by atoms with Crippen LogP contribution in [0, 0.1) is 6.92 Å². The number of hydrogen-bond donors (Lipinski definition) is 3. The number of anilines is 2. The summed E-state index contributed by atoms with van der Waals surface area (Å²) in [4.78, 5) is 15.5. The lowest BCUT2D eigenvalue weighted by Gasteiger charge is -2.01. The summed E-state index contributed by atoms with van der Waals surface area (Å²) >= 11 is 0. The van der Waals surface area contributed by atoms with Crippen molar-refractivity contribution in [1.29, 1.82) is 0 Å². The zero-order chi connectivity index (χ0) is 12.7. The van der Waals surface area contributed by atoms with E-state index in [-0.39, 0.29) is 0 Å². The van der Waals surface area contributed by atoms with Crippen LogP contribution >= 0.6 is 0 Å². The molecule has 0 amide bonds. The van der Waals surface area contributed by atoms with Gasteiger partial charge in [-0.3, -0.25) is 0 Å². The number of aryl methyl sites for hydroxylation is 1. The number of benzene rings is 1. The smallest absolute Gasteiger partial charge is 0.183 e.